The number of aliphatic carboxylic acids is 1. The summed E-state index contributed by atoms with van der Waals surface area (Å²) < 4.78 is 7.56. The fraction of sp³-hybridized carbons (Fsp3) is 0.750. The van der Waals surface area contributed by atoms with E-state index in [-0.39, 0.29) is 18.1 Å². The summed E-state index contributed by atoms with van der Waals surface area (Å²) in [6.07, 6.45) is 4.08. The van der Waals surface area contributed by atoms with Crippen molar-refractivity contribution in [1.29, 1.82) is 0 Å². The molecule has 0 spiro atoms. The van der Waals surface area contributed by atoms with Crippen LogP contribution in [0, 0.1) is 0 Å². The van der Waals surface area contributed by atoms with Crippen LogP contribution in [-0.4, -0.2) is 43.8 Å². The molecular weight excluding hydrogens is 248 g/mol. The Hall–Kier alpha value is -1.47. The molecule has 0 amide bonds. The highest BCUT2D eigenvalue weighted by molar-refractivity contribution is 5.73. The highest BCUT2D eigenvalue weighted by Crippen LogP contribution is 2.29. The van der Waals surface area contributed by atoms with Gasteiger partial charge in [0, 0.05) is 12.6 Å². The van der Waals surface area contributed by atoms with E-state index in [4.69, 9.17) is 15.6 Å². The van der Waals surface area contributed by atoms with Gasteiger partial charge in [0.15, 0.2) is 0 Å². The highest BCUT2D eigenvalue weighted by atomic mass is 16.5. The van der Waals surface area contributed by atoms with Crippen molar-refractivity contribution >= 4 is 5.97 Å². The molecule has 0 aliphatic carbocycles. The Bertz CT molecular complexity index is 458. The summed E-state index contributed by atoms with van der Waals surface area (Å²) in [6, 6.07) is -0.938. The van der Waals surface area contributed by atoms with Crippen LogP contribution in [0.15, 0.2) is 6.20 Å². The van der Waals surface area contributed by atoms with Gasteiger partial charge in [-0.05, 0) is 26.7 Å². The first-order valence-corrected chi connectivity index (χ1v) is 6.41. The number of ether oxygens (including phenoxy) is 1. The van der Waals surface area contributed by atoms with E-state index < -0.39 is 12.0 Å². The van der Waals surface area contributed by atoms with Crippen molar-refractivity contribution in [2.45, 2.75) is 57.4 Å². The SMILES string of the molecule is CC1(C)CCC(Cn2cc(CC(N)C(=O)O)nn2)O1. The maximum Gasteiger partial charge on any atom is 0.320 e. The maximum absolute atomic E-state index is 10.7. The lowest BCUT2D eigenvalue weighted by Gasteiger charge is -2.18. The first kappa shape index (κ1) is 14.0. The highest BCUT2D eigenvalue weighted by Gasteiger charge is 2.31. The molecule has 7 nitrogen and oxygen atoms in total. The van der Waals surface area contributed by atoms with Crippen molar-refractivity contribution in [2.24, 2.45) is 5.73 Å². The Morgan fingerprint density at radius 2 is 2.47 bits per heavy atom. The number of aromatic nitrogens is 3. The van der Waals surface area contributed by atoms with Crippen molar-refractivity contribution < 1.29 is 14.6 Å². The van der Waals surface area contributed by atoms with E-state index in [1.54, 1.807) is 10.9 Å². The molecule has 1 fully saturated rings. The van der Waals surface area contributed by atoms with Crippen molar-refractivity contribution in [3.05, 3.63) is 11.9 Å². The van der Waals surface area contributed by atoms with Gasteiger partial charge in [0.1, 0.15) is 6.04 Å². The molecule has 106 valence electrons. The molecule has 19 heavy (non-hydrogen) atoms. The number of carboxylic acid groups (broad SMARTS) is 1. The van der Waals surface area contributed by atoms with Gasteiger partial charge >= 0.3 is 5.97 Å². The van der Waals surface area contributed by atoms with Gasteiger partial charge in [-0.25, -0.2) is 4.68 Å². The van der Waals surface area contributed by atoms with Crippen LogP contribution in [0.4, 0.5) is 0 Å². The van der Waals surface area contributed by atoms with Crippen molar-refractivity contribution in [3.8, 4) is 0 Å². The predicted molar refractivity (Wildman–Crippen MR) is 67.5 cm³/mol. The van der Waals surface area contributed by atoms with Gasteiger partial charge in [0.25, 0.3) is 0 Å². The molecule has 1 aliphatic heterocycles. The lowest BCUT2D eigenvalue weighted by molar-refractivity contribution is -0.138. The van der Waals surface area contributed by atoms with E-state index in [1.807, 2.05) is 0 Å². The van der Waals surface area contributed by atoms with Crippen molar-refractivity contribution in [1.82, 2.24) is 15.0 Å². The van der Waals surface area contributed by atoms with Gasteiger partial charge in [0.2, 0.25) is 0 Å². The molecule has 7 heteroatoms. The van der Waals surface area contributed by atoms with Crippen LogP contribution < -0.4 is 5.73 Å². The van der Waals surface area contributed by atoms with E-state index in [1.165, 1.54) is 0 Å². The minimum Gasteiger partial charge on any atom is -0.480 e. The summed E-state index contributed by atoms with van der Waals surface area (Å²) in [6.45, 7) is 4.79. The summed E-state index contributed by atoms with van der Waals surface area (Å²) >= 11 is 0. The second kappa shape index (κ2) is 5.26. The zero-order chi connectivity index (χ0) is 14.0. The summed E-state index contributed by atoms with van der Waals surface area (Å²) in [5.41, 5.74) is 5.98. The molecule has 0 saturated carbocycles. The number of hydrogen-bond donors (Lipinski definition) is 2. The third-order valence-corrected chi connectivity index (χ3v) is 3.28. The Balaban J connectivity index is 1.89. The van der Waals surface area contributed by atoms with Crippen LogP contribution in [-0.2, 0) is 22.5 Å². The number of nitrogens with two attached hydrogens (primary N) is 1. The van der Waals surface area contributed by atoms with Gasteiger partial charge in [0.05, 0.1) is 23.9 Å². The maximum atomic E-state index is 10.7. The van der Waals surface area contributed by atoms with E-state index in [0.29, 0.717) is 12.2 Å². The molecule has 0 radical (unpaired) electrons. The van der Waals surface area contributed by atoms with Crippen LogP contribution in [0.25, 0.3) is 0 Å². The van der Waals surface area contributed by atoms with Gasteiger partial charge in [-0.1, -0.05) is 5.21 Å². The van der Waals surface area contributed by atoms with E-state index in [9.17, 15) is 4.79 Å². The second-order valence-corrected chi connectivity index (χ2v) is 5.62. The normalized spacial score (nSPS) is 23.4. The van der Waals surface area contributed by atoms with E-state index in [2.05, 4.69) is 24.2 Å². The van der Waals surface area contributed by atoms with Crippen LogP contribution >= 0.6 is 0 Å². The number of nitrogens with zero attached hydrogens (tertiary/aromatic N) is 3. The third-order valence-electron chi connectivity index (χ3n) is 3.28. The van der Waals surface area contributed by atoms with Crippen LogP contribution in [0.5, 0.6) is 0 Å². The first-order valence-electron chi connectivity index (χ1n) is 6.41. The first-order chi connectivity index (χ1) is 8.85. The molecule has 1 aliphatic rings. The molecule has 0 bridgehead atoms. The molecule has 0 aromatic carbocycles. The zero-order valence-corrected chi connectivity index (χ0v) is 11.2. The van der Waals surface area contributed by atoms with Gasteiger partial charge in [-0.15, -0.1) is 5.10 Å². The number of carboxylic acids is 1. The minimum atomic E-state index is -1.03. The topological polar surface area (TPSA) is 103 Å². The standard InChI is InChI=1S/C12H20N4O3/c1-12(2)4-3-9(19-12)7-16-6-8(14-15-16)5-10(13)11(17)18/h6,9-10H,3-5,7,13H2,1-2H3,(H,17,18). The largest absolute Gasteiger partial charge is 0.480 e. The average Bonchev–Trinajstić information content (AvgIpc) is 2.86. The average molecular weight is 268 g/mol. The van der Waals surface area contributed by atoms with E-state index in [0.717, 1.165) is 12.8 Å². The molecule has 3 N–H and O–H groups in total. The fourth-order valence-electron chi connectivity index (χ4n) is 2.25. The summed E-state index contributed by atoms with van der Waals surface area (Å²) in [5.74, 6) is -1.03. The lowest BCUT2D eigenvalue weighted by Crippen LogP contribution is -2.32. The zero-order valence-electron chi connectivity index (χ0n) is 11.2. The molecular formula is C12H20N4O3. The Kier molecular flexibility index (Phi) is 3.86. The molecule has 2 atom stereocenters. The lowest BCUT2D eigenvalue weighted by atomic mass is 10.1. The van der Waals surface area contributed by atoms with Crippen molar-refractivity contribution in [3.63, 3.8) is 0 Å². The van der Waals surface area contributed by atoms with Crippen LogP contribution in [0.1, 0.15) is 32.4 Å². The van der Waals surface area contributed by atoms with E-state index >= 15 is 0 Å². The van der Waals surface area contributed by atoms with Gasteiger partial charge in [-0.2, -0.15) is 0 Å². The number of carbonyl (C=O) groups is 1. The summed E-state index contributed by atoms with van der Waals surface area (Å²) in [7, 11) is 0. The molecule has 1 aromatic rings. The monoisotopic (exact) mass is 268 g/mol. The molecule has 2 unspecified atom stereocenters. The number of hydrogen-bond acceptors (Lipinski definition) is 5. The summed E-state index contributed by atoms with van der Waals surface area (Å²) in [4.78, 5) is 10.7. The third kappa shape index (κ3) is 3.74. The molecule has 2 heterocycles. The van der Waals surface area contributed by atoms with Gasteiger partial charge in [-0.3, -0.25) is 4.79 Å². The quantitative estimate of drug-likeness (QED) is 0.790. The van der Waals surface area contributed by atoms with Crippen LogP contribution in [0.2, 0.25) is 0 Å². The predicted octanol–water partition coefficient (Wildman–Crippen LogP) is 0.190. The molecule has 2 rings (SSSR count). The molecule has 1 saturated heterocycles. The smallest absolute Gasteiger partial charge is 0.320 e. The Morgan fingerprint density at radius 3 is 3.05 bits per heavy atom. The summed E-state index contributed by atoms with van der Waals surface area (Å²) in [5, 5.41) is 16.6. The Labute approximate surface area is 111 Å². The Morgan fingerprint density at radius 1 is 1.74 bits per heavy atom. The van der Waals surface area contributed by atoms with Gasteiger partial charge < -0.3 is 15.6 Å². The second-order valence-electron chi connectivity index (χ2n) is 5.62. The number of rotatable bonds is 5. The van der Waals surface area contributed by atoms with Crippen molar-refractivity contribution in [2.75, 3.05) is 0 Å². The molecule has 1 aromatic heterocycles. The van der Waals surface area contributed by atoms with Crippen LogP contribution in [0.3, 0.4) is 0 Å². The minimum absolute atomic E-state index is 0.0697. The fourth-order valence-corrected chi connectivity index (χ4v) is 2.25.